The molecule has 0 aromatic carbocycles. The second kappa shape index (κ2) is 19.7. The molecule has 0 heterocycles. The van der Waals surface area contributed by atoms with Gasteiger partial charge in [0.15, 0.2) is 0 Å². The minimum absolute atomic E-state index is 0.661. The van der Waals surface area contributed by atoms with Crippen molar-refractivity contribution in [3.8, 4) is 0 Å². The lowest BCUT2D eigenvalue weighted by Crippen LogP contribution is -2.26. The highest BCUT2D eigenvalue weighted by molar-refractivity contribution is 4.78. The van der Waals surface area contributed by atoms with Crippen molar-refractivity contribution in [3.05, 3.63) is 12.7 Å². The first-order valence-corrected chi connectivity index (χ1v) is 10.3. The fourth-order valence-corrected chi connectivity index (χ4v) is 2.81. The summed E-state index contributed by atoms with van der Waals surface area (Å²) in [6.45, 7) is 27.0. The molecule has 0 aromatic rings. The van der Waals surface area contributed by atoms with Crippen LogP contribution in [0.4, 0.5) is 0 Å². The Balaban J connectivity index is -0.000000919. The molecule has 0 bridgehead atoms. The van der Waals surface area contributed by atoms with Crippen molar-refractivity contribution in [3.63, 3.8) is 0 Å². The predicted octanol–water partition coefficient (Wildman–Crippen LogP) is 7.33. The Morgan fingerprint density at radius 1 is 0.870 bits per heavy atom. The van der Waals surface area contributed by atoms with Crippen molar-refractivity contribution < 1.29 is 0 Å². The van der Waals surface area contributed by atoms with Gasteiger partial charge in [0.25, 0.3) is 0 Å². The van der Waals surface area contributed by atoms with Crippen LogP contribution in [0.1, 0.15) is 94.9 Å². The molecule has 0 aromatic heterocycles. The summed E-state index contributed by atoms with van der Waals surface area (Å²) in [5.74, 6) is 3.22. The molecule has 0 fully saturated rings. The quantitative estimate of drug-likeness (QED) is 0.392. The van der Waals surface area contributed by atoms with Crippen LogP contribution < -0.4 is 5.32 Å². The van der Waals surface area contributed by atoms with Crippen LogP contribution in [0.3, 0.4) is 0 Å². The molecule has 1 nitrogen and oxygen atoms in total. The second-order valence-electron chi connectivity index (χ2n) is 6.75. The van der Waals surface area contributed by atoms with E-state index in [1.165, 1.54) is 25.7 Å². The zero-order chi connectivity index (χ0) is 18.8. The van der Waals surface area contributed by atoms with Gasteiger partial charge in [-0.05, 0) is 62.8 Å². The number of allylic oxidation sites excluding steroid dienone is 1. The van der Waals surface area contributed by atoms with Gasteiger partial charge < -0.3 is 5.32 Å². The third kappa shape index (κ3) is 16.3. The van der Waals surface area contributed by atoms with Crippen molar-refractivity contribution in [2.24, 2.45) is 23.7 Å². The molecule has 0 amide bonds. The molecule has 0 aliphatic carbocycles. The van der Waals surface area contributed by atoms with Crippen molar-refractivity contribution in [2.75, 3.05) is 6.54 Å². The van der Waals surface area contributed by atoms with Crippen LogP contribution in [-0.2, 0) is 0 Å². The number of hydrogen-bond donors (Lipinski definition) is 1. The Bertz CT molecular complexity index is 222. The Morgan fingerprint density at radius 3 is 1.78 bits per heavy atom. The van der Waals surface area contributed by atoms with E-state index in [2.05, 4.69) is 59.5 Å². The van der Waals surface area contributed by atoms with E-state index in [1.807, 2.05) is 27.7 Å². The van der Waals surface area contributed by atoms with E-state index in [0.29, 0.717) is 6.04 Å². The highest BCUT2D eigenvalue weighted by atomic mass is 14.9. The average Bonchev–Trinajstić information content (AvgIpc) is 2.56. The topological polar surface area (TPSA) is 12.0 Å². The van der Waals surface area contributed by atoms with Gasteiger partial charge in [0.2, 0.25) is 0 Å². The maximum Gasteiger partial charge on any atom is 0.00387 e. The molecule has 0 aliphatic heterocycles. The number of hydrogen-bond acceptors (Lipinski definition) is 1. The maximum absolute atomic E-state index is 3.91. The molecule has 142 valence electrons. The minimum atomic E-state index is 0.661. The minimum Gasteiger partial charge on any atom is -0.315 e. The molecule has 0 saturated carbocycles. The van der Waals surface area contributed by atoms with E-state index in [4.69, 9.17) is 0 Å². The summed E-state index contributed by atoms with van der Waals surface area (Å²) in [6, 6.07) is 0.661. The molecule has 4 atom stereocenters. The van der Waals surface area contributed by atoms with Gasteiger partial charge in [0.1, 0.15) is 0 Å². The Kier molecular flexibility index (Phi) is 23.6. The molecule has 0 radical (unpaired) electrons. The number of nitrogens with one attached hydrogen (secondary N) is 1. The van der Waals surface area contributed by atoms with E-state index in [9.17, 15) is 0 Å². The Labute approximate surface area is 149 Å². The third-order valence-electron chi connectivity index (χ3n) is 4.67. The standard InChI is InChI=1S/C18H37N.2C2H6/c1-8-10-18(14(3)4)13-16(6)15(5)11-12-17(7)19-9-2;2*1-2/h8,14-19H,1,9-13H2,2-7H3;2*1-2H3/t15?,16-,17-,18+;;/m1../s1. The van der Waals surface area contributed by atoms with E-state index in [0.717, 1.165) is 30.2 Å². The molecular weight excluding hydrogens is 278 g/mol. The zero-order valence-electron chi connectivity index (χ0n) is 18.2. The molecule has 1 heteroatoms. The van der Waals surface area contributed by atoms with Crippen LogP contribution in [-0.4, -0.2) is 12.6 Å². The molecule has 1 unspecified atom stereocenters. The third-order valence-corrected chi connectivity index (χ3v) is 4.67. The monoisotopic (exact) mass is 327 g/mol. The highest BCUT2D eigenvalue weighted by Crippen LogP contribution is 2.29. The SMILES string of the molecule is C=CC[C@@H](C[C@@H](C)C(C)CC[C@@H](C)NCC)C(C)C.CC.CC. The molecule has 1 N–H and O–H groups in total. The molecule has 0 rings (SSSR count). The summed E-state index contributed by atoms with van der Waals surface area (Å²) < 4.78 is 0. The van der Waals surface area contributed by atoms with Gasteiger partial charge in [-0.2, -0.15) is 0 Å². The van der Waals surface area contributed by atoms with Gasteiger partial charge in [-0.15, -0.1) is 6.58 Å². The first kappa shape index (κ1) is 27.5. The van der Waals surface area contributed by atoms with E-state index < -0.39 is 0 Å². The normalized spacial score (nSPS) is 15.4. The summed E-state index contributed by atoms with van der Waals surface area (Å²) in [5, 5.41) is 3.51. The first-order valence-electron chi connectivity index (χ1n) is 10.3. The molecule has 23 heavy (non-hydrogen) atoms. The van der Waals surface area contributed by atoms with Crippen LogP contribution in [0.5, 0.6) is 0 Å². The zero-order valence-corrected chi connectivity index (χ0v) is 18.2. The van der Waals surface area contributed by atoms with Crippen LogP contribution in [0.25, 0.3) is 0 Å². The van der Waals surface area contributed by atoms with Gasteiger partial charge in [-0.1, -0.05) is 68.4 Å². The van der Waals surface area contributed by atoms with E-state index in [1.54, 1.807) is 0 Å². The summed E-state index contributed by atoms with van der Waals surface area (Å²) in [5.41, 5.74) is 0. The van der Waals surface area contributed by atoms with Gasteiger partial charge in [0.05, 0.1) is 0 Å². The lowest BCUT2D eigenvalue weighted by Gasteiger charge is -2.28. The number of rotatable bonds is 11. The van der Waals surface area contributed by atoms with Crippen molar-refractivity contribution in [2.45, 2.75) is 101 Å². The molecule has 0 aliphatic rings. The predicted molar refractivity (Wildman–Crippen MR) is 111 cm³/mol. The van der Waals surface area contributed by atoms with Crippen molar-refractivity contribution in [1.29, 1.82) is 0 Å². The van der Waals surface area contributed by atoms with Gasteiger partial charge in [-0.25, -0.2) is 0 Å². The van der Waals surface area contributed by atoms with Crippen LogP contribution in [0, 0.1) is 23.7 Å². The average molecular weight is 328 g/mol. The van der Waals surface area contributed by atoms with Gasteiger partial charge in [-0.3, -0.25) is 0 Å². The smallest absolute Gasteiger partial charge is 0.00387 e. The van der Waals surface area contributed by atoms with Crippen molar-refractivity contribution >= 4 is 0 Å². The summed E-state index contributed by atoms with van der Waals surface area (Å²) in [6.07, 6.45) is 7.25. The molecule has 0 spiro atoms. The largest absolute Gasteiger partial charge is 0.315 e. The fraction of sp³-hybridized carbons (Fsp3) is 0.909. The van der Waals surface area contributed by atoms with Crippen LogP contribution in [0.2, 0.25) is 0 Å². The lowest BCUT2D eigenvalue weighted by atomic mass is 9.79. The molecular formula is C22H49N. The lowest BCUT2D eigenvalue weighted by molar-refractivity contribution is 0.243. The fourth-order valence-electron chi connectivity index (χ4n) is 2.81. The maximum atomic E-state index is 3.91. The summed E-state index contributed by atoms with van der Waals surface area (Å²) in [7, 11) is 0. The van der Waals surface area contributed by atoms with Gasteiger partial charge in [0, 0.05) is 6.04 Å². The highest BCUT2D eigenvalue weighted by Gasteiger charge is 2.20. The van der Waals surface area contributed by atoms with Crippen molar-refractivity contribution in [1.82, 2.24) is 5.32 Å². The summed E-state index contributed by atoms with van der Waals surface area (Å²) >= 11 is 0. The Morgan fingerprint density at radius 2 is 1.39 bits per heavy atom. The van der Waals surface area contributed by atoms with Crippen LogP contribution >= 0.6 is 0 Å². The van der Waals surface area contributed by atoms with E-state index in [-0.39, 0.29) is 0 Å². The summed E-state index contributed by atoms with van der Waals surface area (Å²) in [4.78, 5) is 0. The Hall–Kier alpha value is -0.300. The first-order chi connectivity index (χ1) is 10.9. The van der Waals surface area contributed by atoms with Gasteiger partial charge >= 0.3 is 0 Å². The van der Waals surface area contributed by atoms with Crippen LogP contribution in [0.15, 0.2) is 12.7 Å². The second-order valence-corrected chi connectivity index (χ2v) is 6.75. The van der Waals surface area contributed by atoms with E-state index >= 15 is 0 Å². The molecule has 0 saturated heterocycles.